The number of amides is 3. The second kappa shape index (κ2) is 5.16. The fraction of sp³-hybridized carbons (Fsp3) is 0.800. The Hall–Kier alpha value is -1.30. The molecule has 0 spiro atoms. The van der Waals surface area contributed by atoms with E-state index in [0.717, 1.165) is 19.3 Å². The molecule has 1 fully saturated rings. The van der Waals surface area contributed by atoms with Gasteiger partial charge >= 0.3 is 6.03 Å². The smallest absolute Gasteiger partial charge is 0.312 e. The second-order valence-electron chi connectivity index (χ2n) is 4.46. The summed E-state index contributed by atoms with van der Waals surface area (Å²) in [5.74, 6) is -0.0382. The van der Waals surface area contributed by atoms with E-state index in [0.29, 0.717) is 13.1 Å². The molecule has 0 heterocycles. The molecule has 1 rings (SSSR count). The molecule has 16 heavy (non-hydrogen) atoms. The Morgan fingerprint density at radius 1 is 1.38 bits per heavy atom. The van der Waals surface area contributed by atoms with E-state index < -0.39 is 11.4 Å². The van der Waals surface area contributed by atoms with Crippen LogP contribution in [0.5, 0.6) is 0 Å². The Morgan fingerprint density at radius 3 is 2.50 bits per heavy atom. The third kappa shape index (κ3) is 2.85. The lowest BCUT2D eigenvalue weighted by Gasteiger charge is -2.27. The minimum Gasteiger partial charge on any atom is -0.354 e. The lowest BCUT2D eigenvalue weighted by atomic mass is 9.84. The van der Waals surface area contributed by atoms with E-state index in [9.17, 15) is 9.59 Å². The first-order valence-corrected chi connectivity index (χ1v) is 5.54. The zero-order valence-corrected chi connectivity index (χ0v) is 9.58. The number of rotatable bonds is 4. The summed E-state index contributed by atoms with van der Waals surface area (Å²) in [7, 11) is 0. The van der Waals surface area contributed by atoms with Gasteiger partial charge in [-0.2, -0.15) is 0 Å². The van der Waals surface area contributed by atoms with Gasteiger partial charge in [-0.3, -0.25) is 4.79 Å². The van der Waals surface area contributed by atoms with Gasteiger partial charge in [-0.25, -0.2) is 4.79 Å². The Balaban J connectivity index is 2.32. The molecule has 1 aliphatic rings. The van der Waals surface area contributed by atoms with Gasteiger partial charge in [-0.1, -0.05) is 6.42 Å². The van der Waals surface area contributed by atoms with Crippen LogP contribution in [0.25, 0.3) is 0 Å². The first-order chi connectivity index (χ1) is 7.47. The first-order valence-electron chi connectivity index (χ1n) is 5.54. The van der Waals surface area contributed by atoms with E-state index in [4.69, 9.17) is 11.5 Å². The SMILES string of the molecule is CC1(C(=O)NCCNC(N)=O)CCCC1N. The quantitative estimate of drug-likeness (QED) is 0.477. The summed E-state index contributed by atoms with van der Waals surface area (Å²) in [5.41, 5.74) is 10.3. The molecule has 0 aromatic carbocycles. The van der Waals surface area contributed by atoms with Gasteiger partial charge in [0.05, 0.1) is 5.41 Å². The molecule has 6 N–H and O–H groups in total. The van der Waals surface area contributed by atoms with Crippen LogP contribution < -0.4 is 22.1 Å². The number of urea groups is 1. The van der Waals surface area contributed by atoms with E-state index in [-0.39, 0.29) is 11.9 Å². The molecule has 0 aromatic rings. The lowest BCUT2D eigenvalue weighted by Crippen LogP contribution is -2.49. The summed E-state index contributed by atoms with van der Waals surface area (Å²) < 4.78 is 0. The van der Waals surface area contributed by atoms with Crippen LogP contribution in [0.4, 0.5) is 4.79 Å². The minimum atomic E-state index is -0.585. The second-order valence-corrected chi connectivity index (χ2v) is 4.46. The van der Waals surface area contributed by atoms with Crippen molar-refractivity contribution in [1.82, 2.24) is 10.6 Å². The normalized spacial score (nSPS) is 28.8. The lowest BCUT2D eigenvalue weighted by molar-refractivity contribution is -0.130. The molecule has 2 unspecified atom stereocenters. The summed E-state index contributed by atoms with van der Waals surface area (Å²) in [5, 5.41) is 5.17. The van der Waals surface area contributed by atoms with Gasteiger partial charge in [0.1, 0.15) is 0 Å². The van der Waals surface area contributed by atoms with Crippen molar-refractivity contribution in [2.75, 3.05) is 13.1 Å². The van der Waals surface area contributed by atoms with Crippen LogP contribution in [-0.2, 0) is 4.79 Å². The van der Waals surface area contributed by atoms with Gasteiger partial charge in [0.25, 0.3) is 0 Å². The number of nitrogens with two attached hydrogens (primary N) is 2. The van der Waals surface area contributed by atoms with Crippen LogP contribution in [0.1, 0.15) is 26.2 Å². The largest absolute Gasteiger partial charge is 0.354 e. The van der Waals surface area contributed by atoms with Crippen molar-refractivity contribution in [1.29, 1.82) is 0 Å². The molecule has 1 aliphatic carbocycles. The standard InChI is InChI=1S/C10H20N4O2/c1-10(4-2-3-7(10)11)8(15)13-5-6-14-9(12)16/h7H,2-6,11H2,1H3,(H,13,15)(H3,12,14,16). The zero-order valence-electron chi connectivity index (χ0n) is 9.58. The molecular weight excluding hydrogens is 208 g/mol. The molecule has 1 saturated carbocycles. The predicted molar refractivity (Wildman–Crippen MR) is 60.5 cm³/mol. The highest BCUT2D eigenvalue weighted by Crippen LogP contribution is 2.36. The zero-order chi connectivity index (χ0) is 12.2. The predicted octanol–water partition coefficient (Wildman–Crippen LogP) is -0.712. The Kier molecular flexibility index (Phi) is 4.12. The van der Waals surface area contributed by atoms with Gasteiger partial charge in [-0.05, 0) is 19.8 Å². The number of nitrogens with one attached hydrogen (secondary N) is 2. The average Bonchev–Trinajstić information content (AvgIpc) is 2.55. The number of primary amides is 1. The summed E-state index contributed by atoms with van der Waals surface area (Å²) in [6, 6.07) is -0.658. The molecule has 92 valence electrons. The third-order valence-corrected chi connectivity index (χ3v) is 3.26. The van der Waals surface area contributed by atoms with Crippen molar-refractivity contribution in [3.8, 4) is 0 Å². The van der Waals surface area contributed by atoms with Crippen LogP contribution in [0.3, 0.4) is 0 Å². The monoisotopic (exact) mass is 228 g/mol. The van der Waals surface area contributed by atoms with E-state index in [1.165, 1.54) is 0 Å². The minimum absolute atomic E-state index is 0.0382. The van der Waals surface area contributed by atoms with E-state index in [1.807, 2.05) is 6.92 Å². The van der Waals surface area contributed by atoms with Crippen molar-refractivity contribution in [3.63, 3.8) is 0 Å². The van der Waals surface area contributed by atoms with Crippen molar-refractivity contribution < 1.29 is 9.59 Å². The fourth-order valence-corrected chi connectivity index (χ4v) is 2.04. The van der Waals surface area contributed by atoms with Crippen molar-refractivity contribution in [2.24, 2.45) is 16.9 Å². The molecule has 0 aliphatic heterocycles. The van der Waals surface area contributed by atoms with Gasteiger partial charge in [0.15, 0.2) is 0 Å². The van der Waals surface area contributed by atoms with Crippen LogP contribution >= 0.6 is 0 Å². The van der Waals surface area contributed by atoms with Crippen molar-refractivity contribution in [3.05, 3.63) is 0 Å². The Labute approximate surface area is 95.1 Å². The maximum Gasteiger partial charge on any atom is 0.312 e. The molecule has 6 nitrogen and oxygen atoms in total. The number of hydrogen-bond donors (Lipinski definition) is 4. The molecule has 0 radical (unpaired) electrons. The highest BCUT2D eigenvalue weighted by molar-refractivity contribution is 5.83. The van der Waals surface area contributed by atoms with Gasteiger partial charge in [-0.15, -0.1) is 0 Å². The topological polar surface area (TPSA) is 110 Å². The maximum atomic E-state index is 11.9. The van der Waals surface area contributed by atoms with E-state index in [1.54, 1.807) is 0 Å². The summed E-state index contributed by atoms with van der Waals surface area (Å²) in [4.78, 5) is 22.3. The number of carbonyl (C=O) groups excluding carboxylic acids is 2. The van der Waals surface area contributed by atoms with Gasteiger partial charge < -0.3 is 22.1 Å². The number of carbonyl (C=O) groups is 2. The van der Waals surface area contributed by atoms with Crippen LogP contribution in [0.15, 0.2) is 0 Å². The van der Waals surface area contributed by atoms with Crippen molar-refractivity contribution in [2.45, 2.75) is 32.2 Å². The van der Waals surface area contributed by atoms with Crippen LogP contribution in [0.2, 0.25) is 0 Å². The molecule has 6 heteroatoms. The molecule has 0 saturated heterocycles. The van der Waals surface area contributed by atoms with Gasteiger partial charge in [0, 0.05) is 19.1 Å². The molecule has 3 amide bonds. The van der Waals surface area contributed by atoms with Crippen LogP contribution in [0, 0.1) is 5.41 Å². The fourth-order valence-electron chi connectivity index (χ4n) is 2.04. The molecule has 0 aromatic heterocycles. The molecular formula is C10H20N4O2. The Bertz CT molecular complexity index is 282. The van der Waals surface area contributed by atoms with E-state index >= 15 is 0 Å². The van der Waals surface area contributed by atoms with E-state index in [2.05, 4.69) is 10.6 Å². The summed E-state index contributed by atoms with van der Waals surface area (Å²) in [6.07, 6.45) is 2.71. The van der Waals surface area contributed by atoms with Gasteiger partial charge in [0.2, 0.25) is 5.91 Å². The highest BCUT2D eigenvalue weighted by Gasteiger charge is 2.42. The summed E-state index contributed by atoms with van der Waals surface area (Å²) in [6.45, 7) is 2.61. The van der Waals surface area contributed by atoms with Crippen molar-refractivity contribution >= 4 is 11.9 Å². The highest BCUT2D eigenvalue weighted by atomic mass is 16.2. The molecule has 0 bridgehead atoms. The maximum absolute atomic E-state index is 11.9. The summed E-state index contributed by atoms with van der Waals surface area (Å²) >= 11 is 0. The third-order valence-electron chi connectivity index (χ3n) is 3.26. The Morgan fingerprint density at radius 2 is 2.00 bits per heavy atom. The first kappa shape index (κ1) is 12.8. The molecule has 2 atom stereocenters. The average molecular weight is 228 g/mol. The number of hydrogen-bond acceptors (Lipinski definition) is 3. The van der Waals surface area contributed by atoms with Crippen LogP contribution in [-0.4, -0.2) is 31.1 Å².